The maximum atomic E-state index is 12.6. The standard InChI is InChI=1S/C18H24N4O4/c1-13(14-5-3-2-4-6-14)22-12-17(25)21-11-16(24)20-10-9-19-15(23)7-8-18(22)26/h2-6,13H,7-12H2,1H3,(H,19,23)(H,20,24)(H,21,25)/t13-/m1/s1. The normalized spacial score (nSPS) is 19.0. The molecular weight excluding hydrogens is 336 g/mol. The summed E-state index contributed by atoms with van der Waals surface area (Å²) in [6.45, 7) is 2.02. The Morgan fingerprint density at radius 3 is 2.19 bits per heavy atom. The Morgan fingerprint density at radius 2 is 1.50 bits per heavy atom. The van der Waals surface area contributed by atoms with E-state index in [0.717, 1.165) is 5.56 Å². The zero-order valence-electron chi connectivity index (χ0n) is 14.8. The molecule has 26 heavy (non-hydrogen) atoms. The average molecular weight is 360 g/mol. The van der Waals surface area contributed by atoms with Gasteiger partial charge in [0, 0.05) is 25.9 Å². The first kappa shape index (κ1) is 19.4. The topological polar surface area (TPSA) is 108 Å². The van der Waals surface area contributed by atoms with E-state index in [4.69, 9.17) is 0 Å². The van der Waals surface area contributed by atoms with E-state index in [0.29, 0.717) is 0 Å². The van der Waals surface area contributed by atoms with Crippen molar-refractivity contribution in [1.29, 1.82) is 0 Å². The van der Waals surface area contributed by atoms with Gasteiger partial charge in [-0.25, -0.2) is 0 Å². The molecule has 1 heterocycles. The highest BCUT2D eigenvalue weighted by Gasteiger charge is 2.24. The van der Waals surface area contributed by atoms with Crippen molar-refractivity contribution in [2.45, 2.75) is 25.8 Å². The molecule has 1 aliphatic rings. The van der Waals surface area contributed by atoms with Gasteiger partial charge in [-0.3, -0.25) is 19.2 Å². The average Bonchev–Trinajstić information content (AvgIpc) is 2.65. The van der Waals surface area contributed by atoms with Crippen LogP contribution in [-0.2, 0) is 19.2 Å². The minimum Gasteiger partial charge on any atom is -0.354 e. The van der Waals surface area contributed by atoms with Crippen LogP contribution >= 0.6 is 0 Å². The fourth-order valence-electron chi connectivity index (χ4n) is 2.66. The van der Waals surface area contributed by atoms with Crippen LogP contribution < -0.4 is 16.0 Å². The van der Waals surface area contributed by atoms with Crippen LogP contribution in [0.5, 0.6) is 0 Å². The first-order chi connectivity index (χ1) is 12.5. The Balaban J connectivity index is 2.15. The lowest BCUT2D eigenvalue weighted by Crippen LogP contribution is -2.46. The molecule has 2 rings (SSSR count). The molecule has 1 fully saturated rings. The van der Waals surface area contributed by atoms with Crippen molar-refractivity contribution in [3.8, 4) is 0 Å². The van der Waals surface area contributed by atoms with Crippen LogP contribution in [-0.4, -0.2) is 54.7 Å². The van der Waals surface area contributed by atoms with Gasteiger partial charge in [-0.15, -0.1) is 0 Å². The summed E-state index contributed by atoms with van der Waals surface area (Å²) < 4.78 is 0. The second kappa shape index (κ2) is 9.55. The maximum absolute atomic E-state index is 12.6. The molecule has 1 aromatic rings. The van der Waals surface area contributed by atoms with Gasteiger partial charge >= 0.3 is 0 Å². The molecule has 0 bridgehead atoms. The van der Waals surface area contributed by atoms with Crippen LogP contribution in [0.1, 0.15) is 31.4 Å². The number of nitrogens with zero attached hydrogens (tertiary/aromatic N) is 1. The lowest BCUT2D eigenvalue weighted by Gasteiger charge is -2.29. The Labute approximate surface area is 152 Å². The van der Waals surface area contributed by atoms with Gasteiger partial charge in [0.25, 0.3) is 0 Å². The molecular formula is C18H24N4O4. The Kier molecular flexibility index (Phi) is 7.13. The molecule has 0 aromatic heterocycles. The third-order valence-corrected chi connectivity index (χ3v) is 4.17. The maximum Gasteiger partial charge on any atom is 0.240 e. The Morgan fingerprint density at radius 1 is 0.846 bits per heavy atom. The quantitative estimate of drug-likeness (QED) is 0.674. The molecule has 1 aliphatic heterocycles. The summed E-state index contributed by atoms with van der Waals surface area (Å²) in [7, 11) is 0. The molecule has 1 saturated heterocycles. The van der Waals surface area contributed by atoms with Gasteiger partial charge < -0.3 is 20.9 Å². The highest BCUT2D eigenvalue weighted by molar-refractivity contribution is 5.89. The fourth-order valence-corrected chi connectivity index (χ4v) is 2.66. The van der Waals surface area contributed by atoms with Crippen molar-refractivity contribution < 1.29 is 19.2 Å². The van der Waals surface area contributed by atoms with Gasteiger partial charge in [-0.05, 0) is 12.5 Å². The van der Waals surface area contributed by atoms with Crippen molar-refractivity contribution >= 4 is 23.6 Å². The van der Waals surface area contributed by atoms with Gasteiger partial charge in [-0.2, -0.15) is 0 Å². The third kappa shape index (κ3) is 5.87. The van der Waals surface area contributed by atoms with Crippen LogP contribution in [0.2, 0.25) is 0 Å². The Hall–Kier alpha value is -2.90. The van der Waals surface area contributed by atoms with E-state index in [9.17, 15) is 19.2 Å². The van der Waals surface area contributed by atoms with Crippen LogP contribution in [0, 0.1) is 0 Å². The van der Waals surface area contributed by atoms with Crippen molar-refractivity contribution in [3.63, 3.8) is 0 Å². The molecule has 8 nitrogen and oxygen atoms in total. The number of hydrogen-bond donors (Lipinski definition) is 3. The summed E-state index contributed by atoms with van der Waals surface area (Å²) in [5.41, 5.74) is 0.886. The van der Waals surface area contributed by atoms with E-state index in [1.54, 1.807) is 0 Å². The SMILES string of the molecule is C[C@H](c1ccccc1)N1CC(=O)NCC(=O)NCCNC(=O)CCC1=O. The van der Waals surface area contributed by atoms with E-state index >= 15 is 0 Å². The number of amides is 4. The van der Waals surface area contributed by atoms with Gasteiger partial charge in [0.15, 0.2) is 0 Å². The van der Waals surface area contributed by atoms with Crippen molar-refractivity contribution in [2.75, 3.05) is 26.2 Å². The highest BCUT2D eigenvalue weighted by Crippen LogP contribution is 2.21. The minimum absolute atomic E-state index is 0.0165. The molecule has 1 atom stereocenters. The minimum atomic E-state index is -0.419. The Bertz CT molecular complexity index is 662. The van der Waals surface area contributed by atoms with Gasteiger partial charge in [-0.1, -0.05) is 30.3 Å². The zero-order valence-corrected chi connectivity index (χ0v) is 14.8. The number of nitrogens with one attached hydrogen (secondary N) is 3. The molecule has 4 amide bonds. The third-order valence-electron chi connectivity index (χ3n) is 4.17. The number of carbonyl (C=O) groups excluding carboxylic acids is 4. The molecule has 0 spiro atoms. The lowest BCUT2D eigenvalue weighted by atomic mass is 10.1. The van der Waals surface area contributed by atoms with E-state index in [2.05, 4.69) is 16.0 Å². The summed E-state index contributed by atoms with van der Waals surface area (Å²) in [5.74, 6) is -1.31. The molecule has 0 saturated carbocycles. The van der Waals surface area contributed by atoms with Crippen LogP contribution in [0.4, 0.5) is 0 Å². The van der Waals surface area contributed by atoms with E-state index in [1.807, 2.05) is 37.3 Å². The van der Waals surface area contributed by atoms with E-state index in [1.165, 1.54) is 4.90 Å². The molecule has 0 radical (unpaired) electrons. The van der Waals surface area contributed by atoms with Crippen molar-refractivity contribution in [3.05, 3.63) is 35.9 Å². The molecule has 1 aromatic carbocycles. The highest BCUT2D eigenvalue weighted by atomic mass is 16.2. The fraction of sp³-hybridized carbons (Fsp3) is 0.444. The number of rotatable bonds is 2. The van der Waals surface area contributed by atoms with Crippen LogP contribution in [0.25, 0.3) is 0 Å². The van der Waals surface area contributed by atoms with Crippen LogP contribution in [0.3, 0.4) is 0 Å². The first-order valence-electron chi connectivity index (χ1n) is 8.62. The van der Waals surface area contributed by atoms with Crippen LogP contribution in [0.15, 0.2) is 30.3 Å². The predicted octanol–water partition coefficient (Wildman–Crippen LogP) is -0.281. The summed E-state index contributed by atoms with van der Waals surface area (Å²) in [4.78, 5) is 49.7. The molecule has 0 unspecified atom stereocenters. The smallest absolute Gasteiger partial charge is 0.240 e. The van der Waals surface area contributed by atoms with Gasteiger partial charge in [0.1, 0.15) is 6.54 Å². The number of benzene rings is 1. The summed E-state index contributed by atoms with van der Waals surface area (Å²) in [6, 6.07) is 9.01. The largest absolute Gasteiger partial charge is 0.354 e. The second-order valence-electron chi connectivity index (χ2n) is 6.08. The van der Waals surface area contributed by atoms with E-state index in [-0.39, 0.29) is 62.8 Å². The molecule has 140 valence electrons. The number of carbonyl (C=O) groups is 4. The molecule has 8 heteroatoms. The summed E-state index contributed by atoms with van der Waals surface area (Å²) >= 11 is 0. The second-order valence-corrected chi connectivity index (χ2v) is 6.08. The summed E-state index contributed by atoms with van der Waals surface area (Å²) in [5, 5.41) is 7.77. The molecule has 0 aliphatic carbocycles. The number of hydrogen-bond acceptors (Lipinski definition) is 4. The summed E-state index contributed by atoms with van der Waals surface area (Å²) in [6.07, 6.45) is 0.0506. The monoisotopic (exact) mass is 360 g/mol. The van der Waals surface area contributed by atoms with Gasteiger partial charge in [0.2, 0.25) is 23.6 Å². The zero-order chi connectivity index (χ0) is 18.9. The predicted molar refractivity (Wildman–Crippen MR) is 94.8 cm³/mol. The van der Waals surface area contributed by atoms with Gasteiger partial charge in [0.05, 0.1) is 12.6 Å². The van der Waals surface area contributed by atoms with E-state index < -0.39 is 5.91 Å². The van der Waals surface area contributed by atoms with Crippen molar-refractivity contribution in [2.24, 2.45) is 0 Å². The first-order valence-corrected chi connectivity index (χ1v) is 8.62. The van der Waals surface area contributed by atoms with Crippen molar-refractivity contribution in [1.82, 2.24) is 20.9 Å². The lowest BCUT2D eigenvalue weighted by molar-refractivity contribution is -0.139. The molecule has 3 N–H and O–H groups in total.